The number of aliphatic imine (C=N–C) groups is 1. The van der Waals surface area contributed by atoms with Crippen LogP contribution >= 0.6 is 0 Å². The summed E-state index contributed by atoms with van der Waals surface area (Å²) < 4.78 is 5.33. The molecular weight excluding hydrogens is 300 g/mol. The lowest BCUT2D eigenvalue weighted by atomic mass is 10.1. The van der Waals surface area contributed by atoms with Gasteiger partial charge in [-0.25, -0.2) is 4.99 Å². The van der Waals surface area contributed by atoms with Crippen LogP contribution in [0.1, 0.15) is 18.2 Å². The fourth-order valence-corrected chi connectivity index (χ4v) is 2.44. The number of furan rings is 1. The van der Waals surface area contributed by atoms with Gasteiger partial charge >= 0.3 is 0 Å². The number of hydrogen-bond donors (Lipinski definition) is 2. The molecule has 1 heterocycles. The standard InChI is InChI=1S/C19H28N4O/c1-4-20-19(22-15-18-11-8-12-24-18)21-14-17(23(2)3)13-16-9-6-5-7-10-16/h5-12,17H,4,13-15H2,1-3H3,(H2,20,21,22). The van der Waals surface area contributed by atoms with Crippen molar-refractivity contribution in [3.8, 4) is 0 Å². The normalized spacial score (nSPS) is 13.1. The lowest BCUT2D eigenvalue weighted by molar-refractivity contribution is 0.290. The van der Waals surface area contributed by atoms with Gasteiger partial charge in [0.2, 0.25) is 0 Å². The molecule has 0 radical (unpaired) electrons. The van der Waals surface area contributed by atoms with Crippen molar-refractivity contribution in [2.75, 3.05) is 27.2 Å². The van der Waals surface area contributed by atoms with Crippen molar-refractivity contribution in [2.45, 2.75) is 25.9 Å². The molecule has 24 heavy (non-hydrogen) atoms. The van der Waals surface area contributed by atoms with Crippen LogP contribution in [0.2, 0.25) is 0 Å². The highest BCUT2D eigenvalue weighted by atomic mass is 16.3. The van der Waals surface area contributed by atoms with E-state index in [1.807, 2.05) is 12.1 Å². The Balaban J connectivity index is 1.93. The van der Waals surface area contributed by atoms with Crippen LogP contribution in [0.15, 0.2) is 58.1 Å². The molecule has 2 aromatic rings. The van der Waals surface area contributed by atoms with Crippen molar-refractivity contribution < 1.29 is 4.42 Å². The van der Waals surface area contributed by atoms with Crippen LogP contribution in [0, 0.1) is 0 Å². The van der Waals surface area contributed by atoms with Gasteiger partial charge in [0.1, 0.15) is 12.3 Å². The van der Waals surface area contributed by atoms with Gasteiger partial charge in [-0.15, -0.1) is 0 Å². The van der Waals surface area contributed by atoms with Crippen LogP contribution in [0.25, 0.3) is 0 Å². The van der Waals surface area contributed by atoms with Gasteiger partial charge in [0.25, 0.3) is 0 Å². The van der Waals surface area contributed by atoms with E-state index in [-0.39, 0.29) is 0 Å². The van der Waals surface area contributed by atoms with E-state index in [1.165, 1.54) is 5.56 Å². The summed E-state index contributed by atoms with van der Waals surface area (Å²) in [6, 6.07) is 14.8. The zero-order valence-corrected chi connectivity index (χ0v) is 14.8. The van der Waals surface area contributed by atoms with Crippen LogP contribution in [0.3, 0.4) is 0 Å². The summed E-state index contributed by atoms with van der Waals surface area (Å²) in [6.07, 6.45) is 2.67. The summed E-state index contributed by atoms with van der Waals surface area (Å²) in [6.45, 7) is 4.26. The molecule has 0 bridgehead atoms. The molecular formula is C19H28N4O. The Hall–Kier alpha value is -2.27. The third kappa shape index (κ3) is 6.08. The molecule has 0 fully saturated rings. The number of rotatable bonds is 8. The van der Waals surface area contributed by atoms with Gasteiger partial charge in [-0.2, -0.15) is 0 Å². The predicted molar refractivity (Wildman–Crippen MR) is 99.1 cm³/mol. The van der Waals surface area contributed by atoms with E-state index < -0.39 is 0 Å². The average Bonchev–Trinajstić information content (AvgIpc) is 3.10. The number of nitrogens with one attached hydrogen (secondary N) is 2. The van der Waals surface area contributed by atoms with E-state index in [0.29, 0.717) is 12.6 Å². The zero-order valence-electron chi connectivity index (χ0n) is 14.8. The summed E-state index contributed by atoms with van der Waals surface area (Å²) in [4.78, 5) is 6.82. The third-order valence-corrected chi connectivity index (χ3v) is 3.87. The molecule has 0 saturated heterocycles. The predicted octanol–water partition coefficient (Wildman–Crippen LogP) is 2.51. The molecule has 0 aliphatic rings. The van der Waals surface area contributed by atoms with E-state index in [9.17, 15) is 0 Å². The van der Waals surface area contributed by atoms with Crippen molar-refractivity contribution in [1.82, 2.24) is 15.5 Å². The van der Waals surface area contributed by atoms with Crippen LogP contribution < -0.4 is 10.6 Å². The first kappa shape index (κ1) is 18.1. The first-order chi connectivity index (χ1) is 11.7. The minimum absolute atomic E-state index is 0.389. The monoisotopic (exact) mass is 328 g/mol. The Bertz CT molecular complexity index is 593. The van der Waals surface area contributed by atoms with Gasteiger partial charge in [-0.1, -0.05) is 30.3 Å². The molecule has 1 aromatic heterocycles. The third-order valence-electron chi connectivity index (χ3n) is 3.87. The second-order valence-electron chi connectivity index (χ2n) is 5.96. The molecule has 5 heteroatoms. The van der Waals surface area contributed by atoms with Crippen molar-refractivity contribution in [3.05, 3.63) is 60.1 Å². The molecule has 0 aliphatic carbocycles. The quantitative estimate of drug-likeness (QED) is 0.577. The van der Waals surface area contributed by atoms with E-state index in [4.69, 9.17) is 4.42 Å². The molecule has 130 valence electrons. The Morgan fingerprint density at radius 2 is 1.92 bits per heavy atom. The van der Waals surface area contributed by atoms with Crippen LogP contribution in [-0.4, -0.2) is 44.1 Å². The number of likely N-dealkylation sites (N-methyl/N-ethyl adjacent to an activating group) is 1. The highest BCUT2D eigenvalue weighted by molar-refractivity contribution is 5.79. The van der Waals surface area contributed by atoms with Gasteiger partial charge in [-0.05, 0) is 45.1 Å². The summed E-state index contributed by atoms with van der Waals surface area (Å²) in [5.41, 5.74) is 1.34. The second kappa shape index (κ2) is 9.78. The summed E-state index contributed by atoms with van der Waals surface area (Å²) in [5, 5.41) is 6.72. The lowest BCUT2D eigenvalue weighted by Gasteiger charge is -2.25. The van der Waals surface area contributed by atoms with Crippen molar-refractivity contribution >= 4 is 5.96 Å². The van der Waals surface area contributed by atoms with Crippen LogP contribution in [0.4, 0.5) is 0 Å². The average molecular weight is 328 g/mol. The van der Waals surface area contributed by atoms with Gasteiger partial charge in [0.05, 0.1) is 6.26 Å². The Morgan fingerprint density at radius 3 is 2.54 bits per heavy atom. The maximum atomic E-state index is 5.33. The van der Waals surface area contributed by atoms with E-state index in [2.05, 4.69) is 71.9 Å². The Kier molecular flexibility index (Phi) is 7.36. The summed E-state index contributed by atoms with van der Waals surface area (Å²) in [7, 11) is 4.23. The van der Waals surface area contributed by atoms with Gasteiger partial charge in [0.15, 0.2) is 5.96 Å². The van der Waals surface area contributed by atoms with Gasteiger partial charge in [0, 0.05) is 19.1 Å². The maximum Gasteiger partial charge on any atom is 0.191 e. The first-order valence-corrected chi connectivity index (χ1v) is 8.44. The summed E-state index contributed by atoms with van der Waals surface area (Å²) >= 11 is 0. The molecule has 1 aromatic carbocycles. The largest absolute Gasteiger partial charge is 0.467 e. The zero-order chi connectivity index (χ0) is 17.2. The van der Waals surface area contributed by atoms with Crippen LogP contribution in [-0.2, 0) is 13.0 Å². The molecule has 0 amide bonds. The van der Waals surface area contributed by atoms with E-state index in [1.54, 1.807) is 6.26 Å². The molecule has 0 spiro atoms. The van der Waals surface area contributed by atoms with Crippen molar-refractivity contribution in [2.24, 2.45) is 4.99 Å². The van der Waals surface area contributed by atoms with Gasteiger partial charge in [-0.3, -0.25) is 0 Å². The van der Waals surface area contributed by atoms with Crippen molar-refractivity contribution in [1.29, 1.82) is 0 Å². The minimum atomic E-state index is 0.389. The molecule has 2 rings (SSSR count). The SMILES string of the molecule is CCNC(=NCc1ccco1)NCC(Cc1ccccc1)N(C)C. The molecule has 0 saturated carbocycles. The second-order valence-corrected chi connectivity index (χ2v) is 5.96. The molecule has 0 aliphatic heterocycles. The van der Waals surface area contributed by atoms with Crippen LogP contribution in [0.5, 0.6) is 0 Å². The molecule has 1 unspecified atom stereocenters. The lowest BCUT2D eigenvalue weighted by Crippen LogP contribution is -2.46. The minimum Gasteiger partial charge on any atom is -0.467 e. The molecule has 2 N–H and O–H groups in total. The fraction of sp³-hybridized carbons (Fsp3) is 0.421. The van der Waals surface area contributed by atoms with Gasteiger partial charge < -0.3 is 20.0 Å². The van der Waals surface area contributed by atoms with Crippen molar-refractivity contribution in [3.63, 3.8) is 0 Å². The Labute approximate surface area is 144 Å². The maximum absolute atomic E-state index is 5.33. The highest BCUT2D eigenvalue weighted by Crippen LogP contribution is 2.06. The van der Waals surface area contributed by atoms with E-state index >= 15 is 0 Å². The number of benzene rings is 1. The number of nitrogens with zero attached hydrogens (tertiary/aromatic N) is 2. The first-order valence-electron chi connectivity index (χ1n) is 8.44. The smallest absolute Gasteiger partial charge is 0.191 e. The molecule has 5 nitrogen and oxygen atoms in total. The Morgan fingerprint density at radius 1 is 1.12 bits per heavy atom. The molecule has 1 atom stereocenters. The topological polar surface area (TPSA) is 52.8 Å². The highest BCUT2D eigenvalue weighted by Gasteiger charge is 2.13. The fourth-order valence-electron chi connectivity index (χ4n) is 2.44. The number of hydrogen-bond acceptors (Lipinski definition) is 3. The number of guanidine groups is 1. The summed E-state index contributed by atoms with van der Waals surface area (Å²) in [5.74, 6) is 1.68. The van der Waals surface area contributed by atoms with E-state index in [0.717, 1.165) is 31.2 Å².